The maximum absolute atomic E-state index is 13.0. The number of carbonyl (C=O) groups excluding carboxylic acids is 1. The van der Waals surface area contributed by atoms with Gasteiger partial charge in [0.1, 0.15) is 24.4 Å². The summed E-state index contributed by atoms with van der Waals surface area (Å²) in [5.41, 5.74) is 0. The van der Waals surface area contributed by atoms with Crippen molar-refractivity contribution in [2.45, 2.75) is 352 Å². The number of ether oxygens (including phenoxy) is 2. The number of carbonyl (C=O) groups is 1. The van der Waals surface area contributed by atoms with E-state index in [0.717, 1.165) is 38.5 Å². The lowest BCUT2D eigenvalue weighted by Gasteiger charge is -2.40. The Morgan fingerprint density at radius 1 is 0.448 bits per heavy atom. The Hall–Kier alpha value is -0.810. The Morgan fingerprint density at radius 3 is 1.06 bits per heavy atom. The van der Waals surface area contributed by atoms with Crippen LogP contribution in [0.1, 0.15) is 309 Å². The minimum absolute atomic E-state index is 0.133. The van der Waals surface area contributed by atoms with E-state index in [0.29, 0.717) is 12.8 Å². The van der Waals surface area contributed by atoms with Gasteiger partial charge in [-0.25, -0.2) is 0 Å². The van der Waals surface area contributed by atoms with Crippen LogP contribution in [-0.2, 0) is 14.3 Å². The largest absolute Gasteiger partial charge is 0.394 e. The summed E-state index contributed by atoms with van der Waals surface area (Å²) in [4.78, 5) is 13.0. The smallest absolute Gasteiger partial charge is 0.220 e. The summed E-state index contributed by atoms with van der Waals surface area (Å²) in [5, 5.41) is 54.3. The highest BCUT2D eigenvalue weighted by Crippen LogP contribution is 2.23. The van der Waals surface area contributed by atoms with Crippen molar-refractivity contribution in [1.82, 2.24) is 5.32 Å². The third kappa shape index (κ3) is 38.5. The van der Waals surface area contributed by atoms with Gasteiger partial charge in [0.05, 0.1) is 25.4 Å². The summed E-state index contributed by atoms with van der Waals surface area (Å²) in [5.74, 6) is -0.140. The number of hydrogen-bond acceptors (Lipinski definition) is 8. The molecular formula is C58H115NO8. The number of aliphatic hydroxyl groups is 5. The van der Waals surface area contributed by atoms with Crippen molar-refractivity contribution in [1.29, 1.82) is 0 Å². The van der Waals surface area contributed by atoms with E-state index in [2.05, 4.69) is 19.2 Å². The summed E-state index contributed by atoms with van der Waals surface area (Å²) in [6.45, 7) is 3.83. The molecule has 1 aliphatic heterocycles. The third-order valence-electron chi connectivity index (χ3n) is 14.7. The van der Waals surface area contributed by atoms with Gasteiger partial charge in [0.25, 0.3) is 0 Å². The van der Waals surface area contributed by atoms with Crippen LogP contribution in [0.5, 0.6) is 0 Å². The molecule has 0 spiro atoms. The van der Waals surface area contributed by atoms with Gasteiger partial charge in [-0.3, -0.25) is 4.79 Å². The van der Waals surface area contributed by atoms with Gasteiger partial charge >= 0.3 is 0 Å². The topological polar surface area (TPSA) is 149 Å². The molecule has 400 valence electrons. The van der Waals surface area contributed by atoms with Crippen LogP contribution < -0.4 is 5.32 Å². The van der Waals surface area contributed by atoms with Crippen LogP contribution >= 0.6 is 0 Å². The maximum atomic E-state index is 13.0. The summed E-state index contributed by atoms with van der Waals surface area (Å²) >= 11 is 0. The zero-order valence-electron chi connectivity index (χ0n) is 44.4. The van der Waals surface area contributed by atoms with Crippen molar-refractivity contribution in [3.05, 3.63) is 0 Å². The number of nitrogens with one attached hydrogen (secondary N) is 1. The predicted molar refractivity (Wildman–Crippen MR) is 281 cm³/mol. The number of amides is 1. The first kappa shape index (κ1) is 64.2. The fourth-order valence-corrected chi connectivity index (χ4v) is 9.99. The maximum Gasteiger partial charge on any atom is 0.220 e. The monoisotopic (exact) mass is 954 g/mol. The van der Waals surface area contributed by atoms with E-state index < -0.39 is 49.5 Å². The second-order valence-electron chi connectivity index (χ2n) is 21.2. The summed E-state index contributed by atoms with van der Waals surface area (Å²) < 4.78 is 11.2. The van der Waals surface area contributed by atoms with Gasteiger partial charge in [0.2, 0.25) is 5.91 Å². The van der Waals surface area contributed by atoms with Crippen molar-refractivity contribution in [3.8, 4) is 0 Å². The molecule has 9 heteroatoms. The highest BCUT2D eigenvalue weighted by atomic mass is 16.7. The molecule has 1 amide bonds. The van der Waals surface area contributed by atoms with E-state index in [4.69, 9.17) is 9.47 Å². The Kier molecular flexibility index (Phi) is 46.8. The van der Waals surface area contributed by atoms with Crippen LogP contribution in [0.3, 0.4) is 0 Å². The number of aliphatic hydroxyl groups excluding tert-OH is 5. The van der Waals surface area contributed by atoms with Crippen LogP contribution in [0, 0.1) is 0 Å². The second-order valence-corrected chi connectivity index (χ2v) is 21.2. The van der Waals surface area contributed by atoms with Gasteiger partial charge in [-0.2, -0.15) is 0 Å². The standard InChI is InChI=1S/C58H115NO8/c1-3-5-7-9-11-13-14-15-16-17-18-19-20-21-22-23-24-25-26-27-28-29-30-31-32-33-34-35-36-37-38-39-40-42-44-46-48-54(62)59-51(52(61)47-45-43-41-12-10-8-6-4-2)50-66-58-57(65)56(64)55(63)53(49-60)67-58/h51-53,55-58,60-61,63-65H,3-50H2,1-2H3,(H,59,62). The first-order valence-corrected chi connectivity index (χ1v) is 29.7. The quantitative estimate of drug-likeness (QED) is 0.0330. The van der Waals surface area contributed by atoms with Crippen molar-refractivity contribution in [2.24, 2.45) is 0 Å². The zero-order chi connectivity index (χ0) is 48.7. The molecule has 0 aromatic heterocycles. The zero-order valence-corrected chi connectivity index (χ0v) is 44.4. The Morgan fingerprint density at radius 2 is 0.746 bits per heavy atom. The molecule has 0 aromatic carbocycles. The molecule has 0 radical (unpaired) electrons. The molecule has 1 heterocycles. The highest BCUT2D eigenvalue weighted by molar-refractivity contribution is 5.76. The summed E-state index contributed by atoms with van der Waals surface area (Å²) in [6.07, 6.45) is 52.0. The average Bonchev–Trinajstić information content (AvgIpc) is 3.33. The number of hydrogen-bond donors (Lipinski definition) is 6. The van der Waals surface area contributed by atoms with Gasteiger partial charge in [0.15, 0.2) is 6.29 Å². The van der Waals surface area contributed by atoms with Crippen LogP contribution in [0.15, 0.2) is 0 Å². The van der Waals surface area contributed by atoms with Crippen molar-refractivity contribution < 1.29 is 39.8 Å². The molecule has 1 saturated heterocycles. The van der Waals surface area contributed by atoms with E-state index >= 15 is 0 Å². The lowest BCUT2D eigenvalue weighted by atomic mass is 9.99. The lowest BCUT2D eigenvalue weighted by Crippen LogP contribution is -2.60. The fourth-order valence-electron chi connectivity index (χ4n) is 9.99. The second kappa shape index (κ2) is 48.8. The molecular weight excluding hydrogens is 839 g/mol. The Labute approximate surface area is 414 Å². The van der Waals surface area contributed by atoms with E-state index in [9.17, 15) is 30.3 Å². The summed E-state index contributed by atoms with van der Waals surface area (Å²) in [7, 11) is 0. The first-order valence-electron chi connectivity index (χ1n) is 29.7. The van der Waals surface area contributed by atoms with Crippen LogP contribution in [0.2, 0.25) is 0 Å². The molecule has 67 heavy (non-hydrogen) atoms. The van der Waals surface area contributed by atoms with E-state index in [1.165, 1.54) is 244 Å². The third-order valence-corrected chi connectivity index (χ3v) is 14.7. The highest BCUT2D eigenvalue weighted by Gasteiger charge is 2.44. The van der Waals surface area contributed by atoms with E-state index in [-0.39, 0.29) is 12.5 Å². The number of unbranched alkanes of at least 4 members (excludes halogenated alkanes) is 42. The molecule has 1 fully saturated rings. The summed E-state index contributed by atoms with van der Waals surface area (Å²) in [6, 6.07) is -0.711. The lowest BCUT2D eigenvalue weighted by molar-refractivity contribution is -0.302. The van der Waals surface area contributed by atoms with E-state index in [1.807, 2.05) is 0 Å². The van der Waals surface area contributed by atoms with Gasteiger partial charge in [-0.15, -0.1) is 0 Å². The molecule has 0 bridgehead atoms. The van der Waals surface area contributed by atoms with Crippen LogP contribution in [0.4, 0.5) is 0 Å². The predicted octanol–water partition coefficient (Wildman–Crippen LogP) is 14.6. The van der Waals surface area contributed by atoms with Gasteiger partial charge < -0.3 is 40.3 Å². The molecule has 9 nitrogen and oxygen atoms in total. The first-order chi connectivity index (χ1) is 32.8. The van der Waals surface area contributed by atoms with Crippen LogP contribution in [-0.4, -0.2) is 87.5 Å². The molecule has 6 N–H and O–H groups in total. The van der Waals surface area contributed by atoms with Gasteiger partial charge in [-0.05, 0) is 12.8 Å². The number of rotatable bonds is 52. The van der Waals surface area contributed by atoms with Crippen molar-refractivity contribution >= 4 is 5.91 Å². The molecule has 7 unspecified atom stereocenters. The van der Waals surface area contributed by atoms with Crippen LogP contribution in [0.25, 0.3) is 0 Å². The molecule has 0 aromatic rings. The van der Waals surface area contributed by atoms with E-state index in [1.54, 1.807) is 0 Å². The molecule has 7 atom stereocenters. The Bertz CT molecular complexity index is 1020. The van der Waals surface area contributed by atoms with Crippen molar-refractivity contribution in [2.75, 3.05) is 13.2 Å². The SMILES string of the molecule is CCCCCCCCCCCCCCCCCCCCCCCCCCCCCCCCCCCCCCC(=O)NC(COC1OC(CO)C(O)C(O)C1O)C(O)CCCCCCCCCC. The Balaban J connectivity index is 1.97. The van der Waals surface area contributed by atoms with Gasteiger partial charge in [0, 0.05) is 6.42 Å². The molecule has 1 aliphatic rings. The minimum atomic E-state index is -1.55. The van der Waals surface area contributed by atoms with Gasteiger partial charge in [-0.1, -0.05) is 290 Å². The normalized spacial score (nSPS) is 19.5. The molecule has 0 saturated carbocycles. The average molecular weight is 955 g/mol. The van der Waals surface area contributed by atoms with Crippen molar-refractivity contribution in [3.63, 3.8) is 0 Å². The molecule has 0 aliphatic carbocycles. The minimum Gasteiger partial charge on any atom is -0.394 e. The molecule has 1 rings (SSSR count). The fraction of sp³-hybridized carbons (Fsp3) is 0.983.